The van der Waals surface area contributed by atoms with Crippen molar-refractivity contribution >= 4 is 51.0 Å². The Balaban J connectivity index is 0.985. The monoisotopic (exact) mass is 812 g/mol. The minimum atomic E-state index is 0.694. The maximum atomic E-state index is 6.22. The molecule has 3 heteroatoms. The highest BCUT2D eigenvalue weighted by Crippen LogP contribution is 2.36. The van der Waals surface area contributed by atoms with Crippen LogP contribution < -0.4 is 21.3 Å². The highest BCUT2D eigenvalue weighted by molar-refractivity contribution is 5.96. The summed E-state index contributed by atoms with van der Waals surface area (Å²) in [6.07, 6.45) is 25.6. The lowest BCUT2D eigenvalue weighted by molar-refractivity contribution is 0.574. The molecular formula is C60H48N2O. The molecule has 0 saturated heterocycles. The van der Waals surface area contributed by atoms with Gasteiger partial charge in [0.05, 0.1) is 0 Å². The molecular weight excluding hydrogens is 765 g/mol. The van der Waals surface area contributed by atoms with Gasteiger partial charge in [-0.1, -0.05) is 182 Å². The number of furan rings is 1. The first-order chi connectivity index (χ1) is 31.2. The lowest BCUT2D eigenvalue weighted by Crippen LogP contribution is -2.22. The predicted molar refractivity (Wildman–Crippen MR) is 266 cm³/mol. The van der Waals surface area contributed by atoms with Crippen molar-refractivity contribution in [2.24, 2.45) is 5.73 Å². The second-order valence-corrected chi connectivity index (χ2v) is 16.2. The normalized spacial score (nSPS) is 16.9. The second kappa shape index (κ2) is 18.0. The minimum absolute atomic E-state index is 0.694. The molecule has 3 nitrogen and oxygen atoms in total. The molecule has 1 aromatic heterocycles. The fraction of sp³-hybridized carbons (Fsp3) is 0.0667. The Morgan fingerprint density at radius 1 is 0.540 bits per heavy atom. The fourth-order valence-electron chi connectivity index (χ4n) is 8.76. The van der Waals surface area contributed by atoms with Gasteiger partial charge in [0.15, 0.2) is 5.42 Å². The highest BCUT2D eigenvalue weighted by atomic mass is 16.3. The van der Waals surface area contributed by atoms with Crippen LogP contribution in [0, 0.1) is 0 Å². The first-order valence-corrected chi connectivity index (χ1v) is 21.9. The van der Waals surface area contributed by atoms with E-state index in [4.69, 9.17) is 10.2 Å². The van der Waals surface area contributed by atoms with Crippen LogP contribution in [0.25, 0.3) is 61.8 Å². The zero-order valence-corrected chi connectivity index (χ0v) is 35.2. The summed E-state index contributed by atoms with van der Waals surface area (Å²) in [4.78, 5) is 2.42. The largest absolute Gasteiger partial charge is 0.455 e. The Labute approximate surface area is 369 Å². The first kappa shape index (κ1) is 39.3. The topological polar surface area (TPSA) is 42.4 Å². The Morgan fingerprint density at radius 3 is 1.79 bits per heavy atom. The van der Waals surface area contributed by atoms with E-state index in [2.05, 4.69) is 229 Å². The average Bonchev–Trinajstić information content (AvgIpc) is 3.49. The Hall–Kier alpha value is -7.88. The second-order valence-electron chi connectivity index (χ2n) is 16.2. The summed E-state index contributed by atoms with van der Waals surface area (Å²) in [5.74, 6) is 0. The van der Waals surface area contributed by atoms with Gasteiger partial charge in [-0.2, -0.15) is 0 Å². The number of nitrogens with zero attached hydrogens (tertiary/aromatic N) is 1. The third kappa shape index (κ3) is 8.55. The van der Waals surface area contributed by atoms with E-state index in [1.807, 2.05) is 0 Å². The van der Waals surface area contributed by atoms with Crippen molar-refractivity contribution in [3.63, 3.8) is 0 Å². The van der Waals surface area contributed by atoms with Crippen molar-refractivity contribution in [3.05, 3.63) is 257 Å². The van der Waals surface area contributed by atoms with Gasteiger partial charge in [-0.05, 0) is 129 Å². The molecule has 10 rings (SSSR count). The number of fused-ring (bicyclic) bond motifs is 2. The maximum absolute atomic E-state index is 6.22. The van der Waals surface area contributed by atoms with Crippen molar-refractivity contribution in [1.29, 1.82) is 0 Å². The van der Waals surface area contributed by atoms with E-state index in [0.29, 0.717) is 5.42 Å². The summed E-state index contributed by atoms with van der Waals surface area (Å²) in [7, 11) is 0. The minimum Gasteiger partial charge on any atom is -0.455 e. The van der Waals surface area contributed by atoms with Crippen molar-refractivity contribution in [2.75, 3.05) is 4.90 Å². The molecule has 0 bridgehead atoms. The van der Waals surface area contributed by atoms with Gasteiger partial charge in [0.1, 0.15) is 5.58 Å². The molecule has 0 aliphatic heterocycles. The molecule has 0 atom stereocenters. The molecule has 2 aliphatic carbocycles. The molecule has 7 aromatic carbocycles. The van der Waals surface area contributed by atoms with E-state index < -0.39 is 0 Å². The molecule has 1 heterocycles. The summed E-state index contributed by atoms with van der Waals surface area (Å²) in [6.45, 7) is 0. The van der Waals surface area contributed by atoms with Crippen LogP contribution >= 0.6 is 0 Å². The van der Waals surface area contributed by atoms with E-state index >= 15 is 0 Å². The molecule has 63 heavy (non-hydrogen) atoms. The van der Waals surface area contributed by atoms with Crippen LogP contribution in [0.2, 0.25) is 0 Å². The molecule has 2 N–H and O–H groups in total. The molecule has 0 amide bonds. The lowest BCUT2D eigenvalue weighted by atomic mass is 9.98. The van der Waals surface area contributed by atoms with E-state index in [-0.39, 0.29) is 0 Å². The average molecular weight is 813 g/mol. The Bertz CT molecular complexity index is 3230. The van der Waals surface area contributed by atoms with E-state index in [1.54, 1.807) is 6.20 Å². The molecule has 0 unspecified atom stereocenters. The van der Waals surface area contributed by atoms with E-state index in [9.17, 15) is 0 Å². The molecule has 2 aliphatic rings. The van der Waals surface area contributed by atoms with Crippen LogP contribution in [0.3, 0.4) is 0 Å². The van der Waals surface area contributed by atoms with Crippen molar-refractivity contribution in [2.45, 2.75) is 25.7 Å². The molecule has 8 aromatic rings. The van der Waals surface area contributed by atoms with Crippen LogP contribution in [0.5, 0.6) is 0 Å². The van der Waals surface area contributed by atoms with Gasteiger partial charge in [-0.3, -0.25) is 0 Å². The van der Waals surface area contributed by atoms with Gasteiger partial charge < -0.3 is 15.1 Å². The van der Waals surface area contributed by atoms with Crippen molar-refractivity contribution in [1.82, 2.24) is 0 Å². The summed E-state index contributed by atoms with van der Waals surface area (Å²) in [5.41, 5.74) is 22.1. The standard InChI is InChI=1S/C60H48N2O/c61-42-60-57(58-40-52-17-7-8-18-53(52)41-59(58)63-60)39-24-43-22-34-55(35-23-43)62(56-37-32-51(33-38-56)50-29-27-49(28-30-50)45-14-5-2-6-15-45)54-21-10-9-16-46(31-36-54)48-20-11-19-47(25-26-48)44-12-3-1-4-13-44/h1-9,11-19,22-23,25-42H,10,20-21,24,61H2/b16-9-,46-31+,54-36+,57-39-,60-42+. The molecule has 0 fully saturated rings. The van der Waals surface area contributed by atoms with E-state index in [1.165, 1.54) is 61.2 Å². The van der Waals surface area contributed by atoms with Gasteiger partial charge in [0, 0.05) is 33.9 Å². The highest BCUT2D eigenvalue weighted by Gasteiger charge is 2.17. The SMILES string of the molecule is N/C=c1/oc2cc3ccccc3cc2/c1=C/Cc1ccc(N(/C2=C/C=C(C3=CC=C(c4ccccc4)C=CC3)\C=C/CC2)c2ccc(-c3ccc(-c4ccccc4)cc3)cc2)cc1. The molecule has 304 valence electrons. The smallest absolute Gasteiger partial charge is 0.150 e. The van der Waals surface area contributed by atoms with E-state index in [0.717, 1.165) is 58.6 Å². The van der Waals surface area contributed by atoms with Gasteiger partial charge in [-0.25, -0.2) is 0 Å². The summed E-state index contributed by atoms with van der Waals surface area (Å²) < 4.78 is 6.22. The number of hydrogen-bond donors (Lipinski definition) is 1. The van der Waals surface area contributed by atoms with Gasteiger partial charge >= 0.3 is 0 Å². The third-order valence-electron chi connectivity index (χ3n) is 12.1. The number of allylic oxidation sites excluding steroid dienone is 12. The van der Waals surface area contributed by atoms with Gasteiger partial charge in [0.25, 0.3) is 0 Å². The number of anilines is 2. The van der Waals surface area contributed by atoms with Crippen molar-refractivity contribution in [3.8, 4) is 22.3 Å². The Morgan fingerprint density at radius 2 is 1.11 bits per heavy atom. The van der Waals surface area contributed by atoms with Gasteiger partial charge in [0.2, 0.25) is 0 Å². The quantitative estimate of drug-likeness (QED) is 0.158. The zero-order valence-electron chi connectivity index (χ0n) is 35.2. The molecule has 0 radical (unpaired) electrons. The zero-order chi connectivity index (χ0) is 42.4. The van der Waals surface area contributed by atoms with Crippen LogP contribution in [0.4, 0.5) is 11.4 Å². The maximum Gasteiger partial charge on any atom is 0.150 e. The molecule has 0 saturated carbocycles. The number of benzene rings is 7. The van der Waals surface area contributed by atoms with Gasteiger partial charge in [-0.15, -0.1) is 0 Å². The summed E-state index contributed by atoms with van der Waals surface area (Å²) in [6, 6.07) is 60.7. The van der Waals surface area contributed by atoms with Crippen LogP contribution in [0.1, 0.15) is 30.4 Å². The number of nitrogens with two attached hydrogens (primary N) is 1. The van der Waals surface area contributed by atoms with Crippen LogP contribution in [0.15, 0.2) is 240 Å². The number of hydrogen-bond acceptors (Lipinski definition) is 3. The summed E-state index contributed by atoms with van der Waals surface area (Å²) >= 11 is 0. The third-order valence-corrected chi connectivity index (χ3v) is 12.1. The van der Waals surface area contributed by atoms with Crippen LogP contribution in [-0.4, -0.2) is 0 Å². The summed E-state index contributed by atoms with van der Waals surface area (Å²) in [5, 5.41) is 4.43. The molecule has 0 spiro atoms. The fourth-order valence-corrected chi connectivity index (χ4v) is 8.76. The Kier molecular flexibility index (Phi) is 11.2. The first-order valence-electron chi connectivity index (χ1n) is 21.9. The lowest BCUT2D eigenvalue weighted by Gasteiger charge is -2.29. The van der Waals surface area contributed by atoms with Crippen molar-refractivity contribution < 1.29 is 4.42 Å². The number of rotatable bonds is 9. The predicted octanol–water partition coefficient (Wildman–Crippen LogP) is 13.9. The van der Waals surface area contributed by atoms with Crippen LogP contribution in [-0.2, 0) is 6.42 Å².